The first-order valence-electron chi connectivity index (χ1n) is 9.08. The minimum atomic E-state index is -0.867. The van der Waals surface area contributed by atoms with E-state index >= 15 is 0 Å². The zero-order valence-corrected chi connectivity index (χ0v) is 15.5. The lowest BCUT2D eigenvalue weighted by molar-refractivity contribution is 0.0154. The molecule has 0 radical (unpaired) electrons. The summed E-state index contributed by atoms with van der Waals surface area (Å²) in [5.41, 5.74) is 5.32. The number of carbonyl (C=O) groups excluding carboxylic acids is 2. The Morgan fingerprint density at radius 1 is 1.39 bits per heavy atom. The molecular formula is C19H21N5O4. The quantitative estimate of drug-likeness (QED) is 0.687. The fourth-order valence-corrected chi connectivity index (χ4v) is 3.76. The summed E-state index contributed by atoms with van der Waals surface area (Å²) in [7, 11) is 1.64. The van der Waals surface area contributed by atoms with Crippen LogP contribution < -0.4 is 5.73 Å². The van der Waals surface area contributed by atoms with E-state index in [1.807, 2.05) is 0 Å². The fraction of sp³-hybridized carbons (Fsp3) is 0.368. The first kappa shape index (κ1) is 18.2. The van der Waals surface area contributed by atoms with Gasteiger partial charge in [-0.15, -0.1) is 0 Å². The molecule has 0 unspecified atom stereocenters. The number of aromatic nitrogens is 3. The molecule has 0 spiro atoms. The zero-order chi connectivity index (χ0) is 19.9. The highest BCUT2D eigenvalue weighted by Crippen LogP contribution is 2.30. The zero-order valence-electron chi connectivity index (χ0n) is 15.5. The molecular weight excluding hydrogens is 362 g/mol. The van der Waals surface area contributed by atoms with Gasteiger partial charge in [0.15, 0.2) is 17.1 Å². The Morgan fingerprint density at radius 2 is 2.14 bits per heavy atom. The van der Waals surface area contributed by atoms with E-state index in [0.29, 0.717) is 24.3 Å². The van der Waals surface area contributed by atoms with Crippen LogP contribution in [0.3, 0.4) is 0 Å². The number of likely N-dealkylation sites (N-methyl/N-ethyl adjacent to an activating group) is 1. The molecule has 0 saturated heterocycles. The van der Waals surface area contributed by atoms with Gasteiger partial charge in [-0.1, -0.05) is 12.8 Å². The second-order valence-electron chi connectivity index (χ2n) is 7.25. The molecule has 3 heterocycles. The lowest BCUT2D eigenvalue weighted by Gasteiger charge is -2.28. The van der Waals surface area contributed by atoms with Crippen molar-refractivity contribution in [1.82, 2.24) is 19.3 Å². The van der Waals surface area contributed by atoms with Gasteiger partial charge in [-0.2, -0.15) is 0 Å². The molecule has 0 bridgehead atoms. The number of carbonyl (C=O) groups is 2. The monoisotopic (exact) mass is 383 g/mol. The van der Waals surface area contributed by atoms with Gasteiger partial charge in [0.05, 0.1) is 11.9 Å². The van der Waals surface area contributed by atoms with Crippen LogP contribution in [0, 0.1) is 0 Å². The number of primary amides is 1. The first-order valence-corrected chi connectivity index (χ1v) is 9.08. The lowest BCUT2D eigenvalue weighted by Crippen LogP contribution is -2.42. The largest absolute Gasteiger partial charge is 0.463 e. The molecule has 3 aromatic heterocycles. The van der Waals surface area contributed by atoms with E-state index in [0.717, 1.165) is 12.8 Å². The van der Waals surface area contributed by atoms with E-state index in [2.05, 4.69) is 9.97 Å². The van der Waals surface area contributed by atoms with Crippen LogP contribution in [0.1, 0.15) is 46.7 Å². The van der Waals surface area contributed by atoms with Crippen molar-refractivity contribution in [1.29, 1.82) is 0 Å². The third-order valence-electron chi connectivity index (χ3n) is 5.14. The van der Waals surface area contributed by atoms with Crippen LogP contribution in [-0.4, -0.2) is 55.4 Å². The molecule has 1 saturated carbocycles. The van der Waals surface area contributed by atoms with Crippen molar-refractivity contribution < 1.29 is 19.1 Å². The third kappa shape index (κ3) is 3.13. The van der Waals surface area contributed by atoms with Gasteiger partial charge in [-0.25, -0.2) is 9.97 Å². The number of nitrogens with two attached hydrogens (primary N) is 1. The number of hydrogen-bond acceptors (Lipinski definition) is 6. The molecule has 1 fully saturated rings. The number of rotatable bonds is 5. The number of furan rings is 1. The van der Waals surface area contributed by atoms with Crippen LogP contribution in [0.2, 0.25) is 0 Å². The maximum absolute atomic E-state index is 13.2. The summed E-state index contributed by atoms with van der Waals surface area (Å²) in [6, 6.07) is 4.99. The fourth-order valence-electron chi connectivity index (χ4n) is 3.76. The lowest BCUT2D eigenvalue weighted by atomic mass is 10.0. The van der Waals surface area contributed by atoms with E-state index in [1.165, 1.54) is 21.9 Å². The second kappa shape index (κ2) is 6.75. The topological polar surface area (TPSA) is 127 Å². The molecule has 0 atom stereocenters. The van der Waals surface area contributed by atoms with Crippen molar-refractivity contribution in [2.45, 2.75) is 31.3 Å². The Hall–Kier alpha value is -3.20. The molecule has 0 aromatic carbocycles. The van der Waals surface area contributed by atoms with E-state index in [-0.39, 0.29) is 29.5 Å². The summed E-state index contributed by atoms with van der Waals surface area (Å²) in [6.45, 7) is 0.225. The Bertz CT molecular complexity index is 1030. The minimum Gasteiger partial charge on any atom is -0.463 e. The Kier molecular flexibility index (Phi) is 4.38. The minimum absolute atomic E-state index is 0.0282. The van der Waals surface area contributed by atoms with Crippen LogP contribution in [-0.2, 0) is 0 Å². The number of aliphatic hydroxyl groups is 1. The van der Waals surface area contributed by atoms with Gasteiger partial charge in [-0.3, -0.25) is 14.0 Å². The Morgan fingerprint density at radius 3 is 2.79 bits per heavy atom. The average molecular weight is 383 g/mol. The summed E-state index contributed by atoms with van der Waals surface area (Å²) in [4.78, 5) is 34.8. The maximum atomic E-state index is 13.2. The molecule has 3 aromatic rings. The highest BCUT2D eigenvalue weighted by molar-refractivity contribution is 5.99. The molecule has 0 aliphatic heterocycles. The molecule has 4 rings (SSSR count). The molecule has 28 heavy (non-hydrogen) atoms. The smallest absolute Gasteiger partial charge is 0.271 e. The van der Waals surface area contributed by atoms with Crippen molar-refractivity contribution in [3.8, 4) is 11.5 Å². The number of fused-ring (bicyclic) bond motifs is 1. The molecule has 3 N–H and O–H groups in total. The van der Waals surface area contributed by atoms with E-state index < -0.39 is 11.5 Å². The van der Waals surface area contributed by atoms with E-state index in [4.69, 9.17) is 10.2 Å². The van der Waals surface area contributed by atoms with Gasteiger partial charge in [0, 0.05) is 13.6 Å². The third-order valence-corrected chi connectivity index (χ3v) is 5.14. The van der Waals surface area contributed by atoms with Gasteiger partial charge >= 0.3 is 0 Å². The number of imidazole rings is 1. The van der Waals surface area contributed by atoms with Crippen LogP contribution in [0.5, 0.6) is 0 Å². The first-order chi connectivity index (χ1) is 13.4. The SMILES string of the molecule is CN(CC1(O)CCCC1)C(=O)c1cc(-c2ccco2)nc2c(C(N)=O)ncn12. The molecule has 1 aliphatic carbocycles. The van der Waals surface area contributed by atoms with E-state index in [9.17, 15) is 14.7 Å². The summed E-state index contributed by atoms with van der Waals surface area (Å²) in [6.07, 6.45) is 6.08. The highest BCUT2D eigenvalue weighted by Gasteiger charge is 2.34. The summed E-state index contributed by atoms with van der Waals surface area (Å²) >= 11 is 0. The van der Waals surface area contributed by atoms with Crippen LogP contribution in [0.25, 0.3) is 17.1 Å². The summed E-state index contributed by atoms with van der Waals surface area (Å²) in [5.74, 6) is -0.613. The molecule has 9 heteroatoms. The Labute approximate surface area is 160 Å². The van der Waals surface area contributed by atoms with Gasteiger partial charge in [0.2, 0.25) is 0 Å². The molecule has 146 valence electrons. The molecule has 9 nitrogen and oxygen atoms in total. The van der Waals surface area contributed by atoms with Gasteiger partial charge in [0.25, 0.3) is 11.8 Å². The average Bonchev–Trinajstić information content (AvgIpc) is 3.40. The summed E-state index contributed by atoms with van der Waals surface area (Å²) < 4.78 is 6.83. The number of hydrogen-bond donors (Lipinski definition) is 2. The number of nitrogens with zero attached hydrogens (tertiary/aromatic N) is 4. The normalized spacial score (nSPS) is 15.8. The van der Waals surface area contributed by atoms with Crippen molar-refractivity contribution in [3.63, 3.8) is 0 Å². The van der Waals surface area contributed by atoms with Crippen LogP contribution in [0.15, 0.2) is 35.2 Å². The van der Waals surface area contributed by atoms with Crippen molar-refractivity contribution in [2.75, 3.05) is 13.6 Å². The maximum Gasteiger partial charge on any atom is 0.271 e. The van der Waals surface area contributed by atoms with Crippen molar-refractivity contribution in [2.24, 2.45) is 5.73 Å². The molecule has 2 amide bonds. The second-order valence-corrected chi connectivity index (χ2v) is 7.25. The van der Waals surface area contributed by atoms with Crippen molar-refractivity contribution >= 4 is 17.5 Å². The van der Waals surface area contributed by atoms with Gasteiger partial charge in [0.1, 0.15) is 17.7 Å². The van der Waals surface area contributed by atoms with Gasteiger partial charge in [-0.05, 0) is 31.0 Å². The van der Waals surface area contributed by atoms with E-state index in [1.54, 1.807) is 25.2 Å². The van der Waals surface area contributed by atoms with Crippen LogP contribution in [0.4, 0.5) is 0 Å². The van der Waals surface area contributed by atoms with Crippen molar-refractivity contribution in [3.05, 3.63) is 42.2 Å². The highest BCUT2D eigenvalue weighted by atomic mass is 16.3. The predicted octanol–water partition coefficient (Wildman–Crippen LogP) is 1.47. The summed E-state index contributed by atoms with van der Waals surface area (Å²) in [5, 5.41) is 10.7. The number of amides is 2. The van der Waals surface area contributed by atoms with Gasteiger partial charge < -0.3 is 20.2 Å². The standard InChI is InChI=1S/C19H21N5O4/c1-23(10-19(27)6-2-3-7-19)18(26)13-9-12(14-5-4-8-28-14)22-17-15(16(20)25)21-11-24(13)17/h4-5,8-9,11,27H,2-3,6-7,10H2,1H3,(H2,20,25). The molecule has 1 aliphatic rings. The van der Waals surface area contributed by atoms with Crippen LogP contribution >= 0.6 is 0 Å². The predicted molar refractivity (Wildman–Crippen MR) is 99.6 cm³/mol. The Balaban J connectivity index is 1.78.